The van der Waals surface area contributed by atoms with Crippen LogP contribution in [0.3, 0.4) is 0 Å². The molecule has 2 aromatic rings. The average molecular weight is 219 g/mol. The number of hydrogen-bond acceptors (Lipinski definition) is 3. The van der Waals surface area contributed by atoms with Crippen molar-refractivity contribution in [1.82, 2.24) is 9.55 Å². The van der Waals surface area contributed by atoms with Crippen LogP contribution in [-0.2, 0) is 11.8 Å². The van der Waals surface area contributed by atoms with Gasteiger partial charge in [0.25, 0.3) is 0 Å². The Bertz CT molecular complexity index is 464. The van der Waals surface area contributed by atoms with E-state index in [1.165, 1.54) is 0 Å². The number of aromatic nitrogens is 2. The highest BCUT2D eigenvalue weighted by molar-refractivity contribution is 5.78. The lowest BCUT2D eigenvalue weighted by atomic mass is 10.3. The van der Waals surface area contributed by atoms with Gasteiger partial charge in [-0.3, -0.25) is 0 Å². The van der Waals surface area contributed by atoms with Crippen molar-refractivity contribution in [2.45, 2.75) is 6.92 Å². The summed E-state index contributed by atoms with van der Waals surface area (Å²) in [6, 6.07) is 8.10. The Morgan fingerprint density at radius 1 is 1.38 bits per heavy atom. The first-order chi connectivity index (χ1) is 7.83. The van der Waals surface area contributed by atoms with Gasteiger partial charge in [0, 0.05) is 20.2 Å². The van der Waals surface area contributed by atoms with Crippen molar-refractivity contribution in [2.24, 2.45) is 7.05 Å². The topological polar surface area (TPSA) is 39.1 Å². The fourth-order valence-electron chi connectivity index (χ4n) is 1.68. The number of fused-ring (bicyclic) bond motifs is 1. The van der Waals surface area contributed by atoms with Crippen LogP contribution in [0.25, 0.3) is 11.0 Å². The van der Waals surface area contributed by atoms with Crippen molar-refractivity contribution < 1.29 is 4.74 Å². The van der Waals surface area contributed by atoms with Crippen LogP contribution in [0.15, 0.2) is 24.3 Å². The molecule has 0 amide bonds. The maximum absolute atomic E-state index is 5.27. The number of hydrogen-bond donors (Lipinski definition) is 1. The molecule has 0 aliphatic carbocycles. The van der Waals surface area contributed by atoms with E-state index in [1.807, 2.05) is 32.2 Å². The molecule has 0 fully saturated rings. The lowest BCUT2D eigenvalue weighted by molar-refractivity contribution is 0.158. The molecule has 0 atom stereocenters. The van der Waals surface area contributed by atoms with E-state index in [-0.39, 0.29) is 0 Å². The van der Waals surface area contributed by atoms with E-state index in [4.69, 9.17) is 4.74 Å². The van der Waals surface area contributed by atoms with Gasteiger partial charge in [0.1, 0.15) is 0 Å². The van der Waals surface area contributed by atoms with Crippen molar-refractivity contribution in [1.29, 1.82) is 0 Å². The van der Waals surface area contributed by atoms with E-state index < -0.39 is 0 Å². The van der Waals surface area contributed by atoms with Gasteiger partial charge in [0.2, 0.25) is 5.95 Å². The van der Waals surface area contributed by atoms with Crippen molar-refractivity contribution in [3.8, 4) is 0 Å². The Balaban J connectivity index is 2.09. The number of ether oxygens (including phenoxy) is 1. The summed E-state index contributed by atoms with van der Waals surface area (Å²) in [6.07, 6.45) is 0. The zero-order valence-corrected chi connectivity index (χ0v) is 9.73. The molecule has 1 aromatic heterocycles. The molecule has 0 aliphatic heterocycles. The van der Waals surface area contributed by atoms with Gasteiger partial charge in [0.05, 0.1) is 17.6 Å². The number of benzene rings is 1. The summed E-state index contributed by atoms with van der Waals surface area (Å²) in [4.78, 5) is 4.51. The van der Waals surface area contributed by atoms with Gasteiger partial charge in [-0.1, -0.05) is 12.1 Å². The van der Waals surface area contributed by atoms with Crippen molar-refractivity contribution in [3.63, 3.8) is 0 Å². The lowest BCUT2D eigenvalue weighted by Crippen LogP contribution is -2.12. The van der Waals surface area contributed by atoms with Gasteiger partial charge >= 0.3 is 0 Å². The summed E-state index contributed by atoms with van der Waals surface area (Å²) in [5.41, 5.74) is 2.16. The fraction of sp³-hybridized carbons (Fsp3) is 0.417. The summed E-state index contributed by atoms with van der Waals surface area (Å²) < 4.78 is 7.33. The van der Waals surface area contributed by atoms with Crippen LogP contribution in [-0.4, -0.2) is 29.3 Å². The summed E-state index contributed by atoms with van der Waals surface area (Å²) in [5.74, 6) is 0.890. The summed E-state index contributed by atoms with van der Waals surface area (Å²) in [5, 5.41) is 3.26. The van der Waals surface area contributed by atoms with Gasteiger partial charge < -0.3 is 14.6 Å². The zero-order valence-electron chi connectivity index (χ0n) is 9.73. The molecule has 1 N–H and O–H groups in total. The SMILES string of the molecule is CCOCCNc1nc2ccccc2n1C. The first-order valence-electron chi connectivity index (χ1n) is 5.56. The average Bonchev–Trinajstić information content (AvgIpc) is 2.63. The minimum atomic E-state index is 0.708. The van der Waals surface area contributed by atoms with Crippen LogP contribution in [0.5, 0.6) is 0 Å². The maximum atomic E-state index is 5.27. The molecule has 0 saturated carbocycles. The third-order valence-corrected chi connectivity index (χ3v) is 2.52. The fourth-order valence-corrected chi connectivity index (χ4v) is 1.68. The number of anilines is 1. The molecule has 0 aliphatic rings. The molecule has 1 heterocycles. The van der Waals surface area contributed by atoms with Crippen LogP contribution in [0.1, 0.15) is 6.92 Å². The van der Waals surface area contributed by atoms with Gasteiger partial charge in [-0.05, 0) is 19.1 Å². The van der Waals surface area contributed by atoms with Crippen LogP contribution in [0, 0.1) is 0 Å². The first-order valence-corrected chi connectivity index (χ1v) is 5.56. The van der Waals surface area contributed by atoms with Crippen LogP contribution in [0.2, 0.25) is 0 Å². The minimum Gasteiger partial charge on any atom is -0.380 e. The molecule has 86 valence electrons. The predicted molar refractivity (Wildman–Crippen MR) is 65.7 cm³/mol. The lowest BCUT2D eigenvalue weighted by Gasteiger charge is -2.05. The first kappa shape index (κ1) is 11.0. The predicted octanol–water partition coefficient (Wildman–Crippen LogP) is 2.02. The Labute approximate surface area is 95.2 Å². The normalized spacial score (nSPS) is 10.9. The highest BCUT2D eigenvalue weighted by Crippen LogP contribution is 2.16. The Morgan fingerprint density at radius 3 is 2.94 bits per heavy atom. The Kier molecular flexibility index (Phi) is 3.41. The molecule has 4 heteroatoms. The maximum Gasteiger partial charge on any atom is 0.203 e. The van der Waals surface area contributed by atoms with Gasteiger partial charge in [-0.15, -0.1) is 0 Å². The summed E-state index contributed by atoms with van der Waals surface area (Å²) in [6.45, 7) is 4.24. The molecule has 16 heavy (non-hydrogen) atoms. The highest BCUT2D eigenvalue weighted by Gasteiger charge is 2.05. The summed E-state index contributed by atoms with van der Waals surface area (Å²) >= 11 is 0. The van der Waals surface area contributed by atoms with E-state index in [9.17, 15) is 0 Å². The molecule has 4 nitrogen and oxygen atoms in total. The van der Waals surface area contributed by atoms with Crippen molar-refractivity contribution >= 4 is 17.0 Å². The third-order valence-electron chi connectivity index (χ3n) is 2.52. The van der Waals surface area contributed by atoms with E-state index in [0.717, 1.165) is 30.1 Å². The van der Waals surface area contributed by atoms with E-state index in [1.54, 1.807) is 0 Å². The molecule has 0 radical (unpaired) electrons. The van der Waals surface area contributed by atoms with Crippen LogP contribution < -0.4 is 5.32 Å². The second kappa shape index (κ2) is 4.99. The molecular formula is C12H17N3O. The molecule has 0 unspecified atom stereocenters. The Hall–Kier alpha value is -1.55. The minimum absolute atomic E-state index is 0.708. The summed E-state index contributed by atoms with van der Waals surface area (Å²) in [7, 11) is 2.01. The van der Waals surface area contributed by atoms with Crippen LogP contribution >= 0.6 is 0 Å². The number of rotatable bonds is 5. The monoisotopic (exact) mass is 219 g/mol. The number of nitrogens with zero attached hydrogens (tertiary/aromatic N) is 2. The van der Waals surface area contributed by atoms with Crippen molar-refractivity contribution in [3.05, 3.63) is 24.3 Å². The smallest absolute Gasteiger partial charge is 0.203 e. The van der Waals surface area contributed by atoms with Crippen LogP contribution in [0.4, 0.5) is 5.95 Å². The van der Waals surface area contributed by atoms with E-state index >= 15 is 0 Å². The standard InChI is InChI=1S/C12H17N3O/c1-3-16-9-8-13-12-14-10-6-4-5-7-11(10)15(12)2/h4-7H,3,8-9H2,1-2H3,(H,13,14). The molecular weight excluding hydrogens is 202 g/mol. The molecule has 1 aromatic carbocycles. The third kappa shape index (κ3) is 2.17. The second-order valence-electron chi connectivity index (χ2n) is 3.61. The van der Waals surface area contributed by atoms with Gasteiger partial charge in [-0.25, -0.2) is 4.98 Å². The highest BCUT2D eigenvalue weighted by atomic mass is 16.5. The number of nitrogens with one attached hydrogen (secondary N) is 1. The number of aryl methyl sites for hydroxylation is 1. The van der Waals surface area contributed by atoms with E-state index in [0.29, 0.717) is 6.61 Å². The van der Waals surface area contributed by atoms with Gasteiger partial charge in [-0.2, -0.15) is 0 Å². The molecule has 0 spiro atoms. The number of para-hydroxylation sites is 2. The van der Waals surface area contributed by atoms with Gasteiger partial charge in [0.15, 0.2) is 0 Å². The Morgan fingerprint density at radius 2 is 2.19 bits per heavy atom. The number of imidazole rings is 1. The molecule has 0 saturated heterocycles. The molecule has 2 rings (SSSR count). The second-order valence-corrected chi connectivity index (χ2v) is 3.61. The largest absolute Gasteiger partial charge is 0.380 e. The zero-order chi connectivity index (χ0) is 11.4. The molecule has 0 bridgehead atoms. The van der Waals surface area contributed by atoms with E-state index in [2.05, 4.69) is 20.9 Å². The quantitative estimate of drug-likeness (QED) is 0.782. The van der Waals surface area contributed by atoms with Crippen molar-refractivity contribution in [2.75, 3.05) is 25.1 Å².